The van der Waals surface area contributed by atoms with Crippen molar-refractivity contribution in [3.63, 3.8) is 0 Å². The number of Topliss-reactive ketones (excluding diaryl/α,β-unsaturated/α-hetero) is 1. The minimum Gasteiger partial charge on any atom is -0.507 e. The summed E-state index contributed by atoms with van der Waals surface area (Å²) in [4.78, 5) is 28.8. The number of rotatable bonds is 10. The minimum atomic E-state index is -0.941. The molecule has 2 atom stereocenters. The number of nitrogens with zero attached hydrogens (tertiary/aromatic N) is 3. The number of benzene rings is 3. The molecule has 0 aliphatic carbocycles. The Morgan fingerprint density at radius 3 is 2.71 bits per heavy atom. The Morgan fingerprint density at radius 2 is 1.93 bits per heavy atom. The third-order valence-electron chi connectivity index (χ3n) is 7.63. The number of fused-ring (bicyclic) bond motifs is 1. The smallest absolute Gasteiger partial charge is 0.301 e. The molecule has 1 amide bonds. The summed E-state index contributed by atoms with van der Waals surface area (Å²) in [6, 6.07) is 19.2. The van der Waals surface area contributed by atoms with Gasteiger partial charge in [-0.25, -0.2) is 0 Å². The van der Waals surface area contributed by atoms with Gasteiger partial charge < -0.3 is 14.6 Å². The van der Waals surface area contributed by atoms with Gasteiger partial charge in [-0.1, -0.05) is 72.8 Å². The highest BCUT2D eigenvalue weighted by atomic mass is 35.5. The maximum absolute atomic E-state index is 13.7. The van der Waals surface area contributed by atoms with E-state index in [0.717, 1.165) is 23.3 Å². The molecule has 0 bridgehead atoms. The number of halogens is 1. The summed E-state index contributed by atoms with van der Waals surface area (Å²) in [7, 11) is 0. The summed E-state index contributed by atoms with van der Waals surface area (Å²) >= 11 is 8.71. The number of ketones is 1. The van der Waals surface area contributed by atoms with Crippen molar-refractivity contribution in [2.75, 3.05) is 11.5 Å². The summed E-state index contributed by atoms with van der Waals surface area (Å²) in [6.45, 7) is 6.76. The first kappa shape index (κ1) is 31.1. The van der Waals surface area contributed by atoms with E-state index in [-0.39, 0.29) is 22.6 Å². The molecule has 45 heavy (non-hydrogen) atoms. The number of carbonyl (C=O) groups excluding carboxylic acids is 2. The van der Waals surface area contributed by atoms with E-state index < -0.39 is 17.7 Å². The predicted octanol–water partition coefficient (Wildman–Crippen LogP) is 7.86. The standard InChI is InChI=1S/C34H32ClN3O5S2/c1-19(2)13-14-42-26-6-4-5-22(17-26)29-28(30(39)23-9-12-27-24(16-23)15-20(3)43-27)31(40)32(41)38(29)33-36-37-34(45-33)44-18-21-7-10-25(35)11-8-21/h4-12,16-17,19-20,29,39H,13-15,18H2,1-3H3/b30-28+/t20-,29+/m1/s1. The fourth-order valence-corrected chi connectivity index (χ4v) is 7.29. The summed E-state index contributed by atoms with van der Waals surface area (Å²) in [5.74, 6) is 0.639. The largest absolute Gasteiger partial charge is 0.507 e. The molecule has 6 rings (SSSR count). The number of thioether (sulfide) groups is 1. The van der Waals surface area contributed by atoms with Crippen LogP contribution < -0.4 is 14.4 Å². The van der Waals surface area contributed by atoms with Gasteiger partial charge in [-0.05, 0) is 78.4 Å². The van der Waals surface area contributed by atoms with Gasteiger partial charge in [-0.2, -0.15) is 0 Å². The first-order valence-electron chi connectivity index (χ1n) is 14.7. The van der Waals surface area contributed by atoms with Gasteiger partial charge in [-0.15, -0.1) is 10.2 Å². The van der Waals surface area contributed by atoms with E-state index in [4.69, 9.17) is 21.1 Å². The Labute approximate surface area is 275 Å². The van der Waals surface area contributed by atoms with Gasteiger partial charge in [0.15, 0.2) is 4.34 Å². The Bertz CT molecular complexity index is 1770. The molecule has 11 heteroatoms. The molecule has 1 saturated heterocycles. The Balaban J connectivity index is 1.37. The van der Waals surface area contributed by atoms with Crippen molar-refractivity contribution in [2.24, 2.45) is 5.92 Å². The van der Waals surface area contributed by atoms with E-state index in [1.165, 1.54) is 28.0 Å². The van der Waals surface area contributed by atoms with E-state index in [1.807, 2.05) is 61.5 Å². The average molecular weight is 662 g/mol. The number of carbonyl (C=O) groups is 2. The maximum Gasteiger partial charge on any atom is 0.301 e. The van der Waals surface area contributed by atoms with Crippen molar-refractivity contribution in [1.82, 2.24) is 10.2 Å². The van der Waals surface area contributed by atoms with Crippen molar-refractivity contribution in [3.8, 4) is 11.5 Å². The van der Waals surface area contributed by atoms with Gasteiger partial charge >= 0.3 is 5.91 Å². The Kier molecular flexibility index (Phi) is 9.16. The van der Waals surface area contributed by atoms with Crippen molar-refractivity contribution in [3.05, 3.63) is 99.6 Å². The lowest BCUT2D eigenvalue weighted by Gasteiger charge is -2.23. The molecular formula is C34H32ClN3O5S2. The molecule has 8 nitrogen and oxygen atoms in total. The molecule has 232 valence electrons. The highest BCUT2D eigenvalue weighted by molar-refractivity contribution is 8.00. The first-order valence-corrected chi connectivity index (χ1v) is 16.9. The third kappa shape index (κ3) is 6.73. The monoisotopic (exact) mass is 661 g/mol. The molecule has 1 fully saturated rings. The first-order chi connectivity index (χ1) is 21.7. The second-order valence-corrected chi connectivity index (χ2v) is 14.1. The topological polar surface area (TPSA) is 102 Å². The SMILES string of the molecule is CC(C)CCOc1cccc([C@H]2/C(=C(\O)c3ccc4c(c3)C[C@@H](C)O4)C(=O)C(=O)N2c2nnc(SCc3ccc(Cl)cc3)s2)c1. The molecule has 3 heterocycles. The van der Waals surface area contributed by atoms with Gasteiger partial charge in [0.1, 0.15) is 23.4 Å². The molecule has 1 aromatic heterocycles. The summed E-state index contributed by atoms with van der Waals surface area (Å²) in [5.41, 5.74) is 3.03. The van der Waals surface area contributed by atoms with Crippen LogP contribution in [0.4, 0.5) is 5.13 Å². The molecular weight excluding hydrogens is 630 g/mol. The number of ether oxygens (including phenoxy) is 2. The molecule has 0 unspecified atom stereocenters. The second kappa shape index (κ2) is 13.2. The lowest BCUT2D eigenvalue weighted by Crippen LogP contribution is -2.29. The van der Waals surface area contributed by atoms with E-state index in [1.54, 1.807) is 12.1 Å². The fourth-order valence-electron chi connectivity index (χ4n) is 5.34. The number of hydrogen-bond donors (Lipinski definition) is 1. The van der Waals surface area contributed by atoms with Gasteiger partial charge in [0, 0.05) is 22.8 Å². The molecule has 2 aliphatic heterocycles. The van der Waals surface area contributed by atoms with Crippen LogP contribution in [0.25, 0.3) is 5.76 Å². The van der Waals surface area contributed by atoms with E-state index in [2.05, 4.69) is 24.0 Å². The van der Waals surface area contributed by atoms with Crippen LogP contribution in [0.1, 0.15) is 55.5 Å². The van der Waals surface area contributed by atoms with E-state index >= 15 is 0 Å². The van der Waals surface area contributed by atoms with Crippen LogP contribution in [-0.4, -0.2) is 39.7 Å². The molecule has 4 aromatic rings. The fraction of sp³-hybridized carbons (Fsp3) is 0.294. The Hall–Kier alpha value is -3.86. The summed E-state index contributed by atoms with van der Waals surface area (Å²) in [6.07, 6.45) is 1.58. The number of hydrogen-bond acceptors (Lipinski definition) is 9. The van der Waals surface area contributed by atoms with Crippen LogP contribution in [0, 0.1) is 5.92 Å². The van der Waals surface area contributed by atoms with Crippen LogP contribution in [-0.2, 0) is 21.8 Å². The zero-order chi connectivity index (χ0) is 31.7. The lowest BCUT2D eigenvalue weighted by atomic mass is 9.94. The number of aromatic nitrogens is 2. The summed E-state index contributed by atoms with van der Waals surface area (Å²) in [5, 5.41) is 21.2. The highest BCUT2D eigenvalue weighted by Gasteiger charge is 2.48. The zero-order valence-electron chi connectivity index (χ0n) is 25.0. The molecule has 3 aromatic carbocycles. The average Bonchev–Trinajstić information content (AvgIpc) is 3.71. The number of aliphatic hydroxyl groups is 1. The zero-order valence-corrected chi connectivity index (χ0v) is 27.4. The second-order valence-electron chi connectivity index (χ2n) is 11.5. The van der Waals surface area contributed by atoms with Crippen LogP contribution in [0.3, 0.4) is 0 Å². The molecule has 1 N–H and O–H groups in total. The summed E-state index contributed by atoms with van der Waals surface area (Å²) < 4.78 is 12.5. The molecule has 0 radical (unpaired) electrons. The predicted molar refractivity (Wildman–Crippen MR) is 177 cm³/mol. The van der Waals surface area contributed by atoms with Crippen molar-refractivity contribution in [2.45, 2.75) is 55.9 Å². The van der Waals surface area contributed by atoms with E-state index in [0.29, 0.717) is 50.9 Å². The van der Waals surface area contributed by atoms with Crippen molar-refractivity contribution < 1.29 is 24.2 Å². The molecule has 2 aliphatic rings. The van der Waals surface area contributed by atoms with Crippen LogP contribution in [0.15, 0.2) is 76.6 Å². The van der Waals surface area contributed by atoms with Crippen molar-refractivity contribution in [1.29, 1.82) is 0 Å². The Morgan fingerprint density at radius 1 is 1.13 bits per heavy atom. The van der Waals surface area contributed by atoms with Crippen LogP contribution >= 0.6 is 34.7 Å². The van der Waals surface area contributed by atoms with E-state index in [9.17, 15) is 14.7 Å². The van der Waals surface area contributed by atoms with Gasteiger partial charge in [-0.3, -0.25) is 14.5 Å². The van der Waals surface area contributed by atoms with Crippen LogP contribution in [0.5, 0.6) is 11.5 Å². The van der Waals surface area contributed by atoms with Gasteiger partial charge in [0.05, 0.1) is 18.2 Å². The number of aliphatic hydroxyl groups excluding tert-OH is 1. The van der Waals surface area contributed by atoms with Crippen molar-refractivity contribution >= 4 is 57.3 Å². The normalized spacial score (nSPS) is 18.8. The quantitative estimate of drug-likeness (QED) is 0.0603. The van der Waals surface area contributed by atoms with Gasteiger partial charge in [0.25, 0.3) is 5.78 Å². The molecule has 0 spiro atoms. The van der Waals surface area contributed by atoms with Crippen LogP contribution in [0.2, 0.25) is 5.02 Å². The highest BCUT2D eigenvalue weighted by Crippen LogP contribution is 2.45. The minimum absolute atomic E-state index is 0.0168. The number of anilines is 1. The maximum atomic E-state index is 13.7. The number of amides is 1. The lowest BCUT2D eigenvalue weighted by molar-refractivity contribution is -0.132. The van der Waals surface area contributed by atoms with Gasteiger partial charge in [0.2, 0.25) is 5.13 Å². The third-order valence-corrected chi connectivity index (χ3v) is 10.0. The molecule has 0 saturated carbocycles.